The molecule has 0 spiro atoms. The van der Waals surface area contributed by atoms with E-state index in [4.69, 9.17) is 9.47 Å². The molecule has 0 radical (unpaired) electrons. The van der Waals surface area contributed by atoms with E-state index >= 15 is 0 Å². The van der Waals surface area contributed by atoms with Gasteiger partial charge in [0.05, 0.1) is 6.10 Å². The Balaban J connectivity index is 1.66. The fourth-order valence-electron chi connectivity index (χ4n) is 2.81. The fourth-order valence-corrected chi connectivity index (χ4v) is 2.81. The second-order valence-corrected chi connectivity index (χ2v) is 6.98. The maximum Gasteiger partial charge on any atom is 0.407 e. The number of alkyl carbamates (subject to hydrolysis) is 1. The molecule has 0 heterocycles. The Bertz CT molecular complexity index is 341. The van der Waals surface area contributed by atoms with Gasteiger partial charge >= 0.3 is 6.09 Å². The molecule has 0 aliphatic heterocycles. The summed E-state index contributed by atoms with van der Waals surface area (Å²) in [5.74, 6) is 0. The molecule has 5 heteroatoms. The van der Waals surface area contributed by atoms with Gasteiger partial charge in [-0.15, -0.1) is 0 Å². The summed E-state index contributed by atoms with van der Waals surface area (Å²) in [7, 11) is 1.79. The van der Waals surface area contributed by atoms with Gasteiger partial charge in [-0.25, -0.2) is 4.79 Å². The van der Waals surface area contributed by atoms with Gasteiger partial charge in [0.15, 0.2) is 0 Å². The first kappa shape index (κ1) is 15.6. The van der Waals surface area contributed by atoms with Crippen LogP contribution in [0.15, 0.2) is 0 Å². The van der Waals surface area contributed by atoms with E-state index in [0.29, 0.717) is 18.2 Å². The van der Waals surface area contributed by atoms with Crippen LogP contribution < -0.4 is 10.6 Å². The van der Waals surface area contributed by atoms with Gasteiger partial charge in [0.1, 0.15) is 5.60 Å². The molecule has 2 aliphatic rings. The van der Waals surface area contributed by atoms with Crippen molar-refractivity contribution in [3.05, 3.63) is 0 Å². The third-order valence-electron chi connectivity index (χ3n) is 3.90. The number of carbonyl (C=O) groups is 1. The second-order valence-electron chi connectivity index (χ2n) is 6.98. The van der Waals surface area contributed by atoms with Gasteiger partial charge in [0, 0.05) is 25.2 Å². The Hall–Kier alpha value is -0.810. The molecule has 2 rings (SSSR count). The third-order valence-corrected chi connectivity index (χ3v) is 3.90. The first-order chi connectivity index (χ1) is 9.37. The number of carbonyl (C=O) groups excluding carboxylic acids is 1. The molecule has 0 saturated heterocycles. The van der Waals surface area contributed by atoms with E-state index in [1.807, 2.05) is 20.8 Å². The number of hydrogen-bond acceptors (Lipinski definition) is 4. The van der Waals surface area contributed by atoms with Crippen molar-refractivity contribution >= 4 is 6.09 Å². The van der Waals surface area contributed by atoms with Crippen LogP contribution in [0.3, 0.4) is 0 Å². The largest absolute Gasteiger partial charge is 0.444 e. The van der Waals surface area contributed by atoms with Crippen molar-refractivity contribution in [1.82, 2.24) is 10.6 Å². The predicted octanol–water partition coefficient (Wildman–Crippen LogP) is 2.20. The Labute approximate surface area is 121 Å². The van der Waals surface area contributed by atoms with E-state index in [1.165, 1.54) is 19.3 Å². The zero-order valence-electron chi connectivity index (χ0n) is 13.1. The number of rotatable bonds is 4. The molecule has 2 N–H and O–H groups in total. The predicted molar refractivity (Wildman–Crippen MR) is 77.8 cm³/mol. The maximum absolute atomic E-state index is 11.7. The van der Waals surface area contributed by atoms with Crippen molar-refractivity contribution < 1.29 is 14.3 Å². The average molecular weight is 284 g/mol. The molecular formula is C15H28N2O3. The van der Waals surface area contributed by atoms with Crippen LogP contribution in [0, 0.1) is 0 Å². The van der Waals surface area contributed by atoms with Gasteiger partial charge < -0.3 is 20.1 Å². The van der Waals surface area contributed by atoms with Crippen LogP contribution in [0.1, 0.15) is 52.9 Å². The number of amides is 1. The molecule has 116 valence electrons. The van der Waals surface area contributed by atoms with Crippen molar-refractivity contribution in [2.75, 3.05) is 7.11 Å². The van der Waals surface area contributed by atoms with Crippen LogP contribution in [-0.2, 0) is 9.47 Å². The lowest BCUT2D eigenvalue weighted by atomic mass is 9.93. The molecule has 20 heavy (non-hydrogen) atoms. The summed E-state index contributed by atoms with van der Waals surface area (Å²) in [6, 6.07) is 1.13. The van der Waals surface area contributed by atoms with Crippen molar-refractivity contribution in [3.63, 3.8) is 0 Å². The molecule has 2 fully saturated rings. The number of ether oxygens (including phenoxy) is 2. The normalized spacial score (nSPS) is 33.6. The Morgan fingerprint density at radius 3 is 2.55 bits per heavy atom. The average Bonchev–Trinajstić information content (AvgIpc) is 3.04. The third kappa shape index (κ3) is 4.94. The minimum atomic E-state index is -0.434. The molecule has 2 saturated carbocycles. The van der Waals surface area contributed by atoms with Gasteiger partial charge in [-0.2, -0.15) is 0 Å². The Kier molecular flexibility index (Phi) is 4.91. The summed E-state index contributed by atoms with van der Waals surface area (Å²) < 4.78 is 10.7. The summed E-state index contributed by atoms with van der Waals surface area (Å²) in [5.41, 5.74) is -0.434. The highest BCUT2D eigenvalue weighted by Gasteiger charge is 2.41. The van der Waals surface area contributed by atoms with Crippen LogP contribution >= 0.6 is 0 Å². The summed E-state index contributed by atoms with van der Waals surface area (Å²) in [6.07, 6.45) is 5.73. The molecule has 0 bridgehead atoms. The van der Waals surface area contributed by atoms with Crippen LogP contribution in [0.5, 0.6) is 0 Å². The minimum absolute atomic E-state index is 0.216. The molecular weight excluding hydrogens is 256 g/mol. The SMILES string of the molecule is COC1CCCC(NC2CC2NC(=O)OC(C)(C)C)C1. The standard InChI is InChI=1S/C15H28N2O3/c1-15(2,3)20-14(18)17-13-9-12(13)16-10-6-5-7-11(8-10)19-4/h10-13,16H,5-9H2,1-4H3,(H,17,18). The monoisotopic (exact) mass is 284 g/mol. The lowest BCUT2D eigenvalue weighted by Crippen LogP contribution is -2.42. The van der Waals surface area contributed by atoms with Gasteiger partial charge in [-0.05, 0) is 52.9 Å². The topological polar surface area (TPSA) is 59.6 Å². The van der Waals surface area contributed by atoms with E-state index in [1.54, 1.807) is 7.11 Å². The van der Waals surface area contributed by atoms with Crippen LogP contribution in [-0.4, -0.2) is 43.0 Å². The summed E-state index contributed by atoms with van der Waals surface area (Å²) in [6.45, 7) is 5.63. The lowest BCUT2D eigenvalue weighted by molar-refractivity contribution is 0.0513. The summed E-state index contributed by atoms with van der Waals surface area (Å²) in [4.78, 5) is 11.7. The van der Waals surface area contributed by atoms with Gasteiger partial charge in [0.25, 0.3) is 0 Å². The fraction of sp³-hybridized carbons (Fsp3) is 0.933. The Morgan fingerprint density at radius 1 is 1.15 bits per heavy atom. The molecule has 4 atom stereocenters. The first-order valence-corrected chi connectivity index (χ1v) is 7.66. The van der Waals surface area contributed by atoms with E-state index < -0.39 is 5.60 Å². The highest BCUT2D eigenvalue weighted by molar-refractivity contribution is 5.68. The zero-order chi connectivity index (χ0) is 14.8. The minimum Gasteiger partial charge on any atom is -0.444 e. The van der Waals surface area contributed by atoms with Crippen LogP contribution in [0.4, 0.5) is 4.79 Å². The van der Waals surface area contributed by atoms with Crippen molar-refractivity contribution in [2.24, 2.45) is 0 Å². The van der Waals surface area contributed by atoms with E-state index in [0.717, 1.165) is 12.8 Å². The zero-order valence-corrected chi connectivity index (χ0v) is 13.1. The van der Waals surface area contributed by atoms with E-state index in [9.17, 15) is 4.79 Å². The quantitative estimate of drug-likeness (QED) is 0.831. The molecule has 4 unspecified atom stereocenters. The van der Waals surface area contributed by atoms with Crippen molar-refractivity contribution in [1.29, 1.82) is 0 Å². The molecule has 5 nitrogen and oxygen atoms in total. The lowest BCUT2D eigenvalue weighted by Gasteiger charge is -2.29. The van der Waals surface area contributed by atoms with Crippen molar-refractivity contribution in [3.8, 4) is 0 Å². The molecule has 1 amide bonds. The highest BCUT2D eigenvalue weighted by Crippen LogP contribution is 2.27. The van der Waals surface area contributed by atoms with Crippen molar-refractivity contribution in [2.45, 2.75) is 82.7 Å². The van der Waals surface area contributed by atoms with E-state index in [2.05, 4.69) is 10.6 Å². The Morgan fingerprint density at radius 2 is 1.90 bits per heavy atom. The smallest absolute Gasteiger partial charge is 0.407 e. The van der Waals surface area contributed by atoms with Gasteiger partial charge in [0.2, 0.25) is 0 Å². The molecule has 0 aromatic heterocycles. The molecule has 2 aliphatic carbocycles. The van der Waals surface area contributed by atoms with Gasteiger partial charge in [-0.1, -0.05) is 0 Å². The molecule has 0 aromatic carbocycles. The van der Waals surface area contributed by atoms with Crippen LogP contribution in [0.2, 0.25) is 0 Å². The number of methoxy groups -OCH3 is 1. The molecule has 0 aromatic rings. The number of nitrogens with one attached hydrogen (secondary N) is 2. The first-order valence-electron chi connectivity index (χ1n) is 7.66. The van der Waals surface area contributed by atoms with Gasteiger partial charge in [-0.3, -0.25) is 0 Å². The second kappa shape index (κ2) is 6.31. The summed E-state index contributed by atoms with van der Waals surface area (Å²) >= 11 is 0. The van der Waals surface area contributed by atoms with E-state index in [-0.39, 0.29) is 12.1 Å². The highest BCUT2D eigenvalue weighted by atomic mass is 16.6. The maximum atomic E-state index is 11.7. The van der Waals surface area contributed by atoms with Crippen LogP contribution in [0.25, 0.3) is 0 Å². The number of hydrogen-bond donors (Lipinski definition) is 2. The summed E-state index contributed by atoms with van der Waals surface area (Å²) in [5, 5.41) is 6.55.